The summed E-state index contributed by atoms with van der Waals surface area (Å²) in [6.45, 7) is 8.83. The number of anilines is 3. The quantitative estimate of drug-likeness (QED) is 0.277. The molecule has 2 aromatic carbocycles. The molecule has 0 saturated carbocycles. The van der Waals surface area contributed by atoms with Crippen LogP contribution in [0.5, 0.6) is 0 Å². The second-order valence-electron chi connectivity index (χ2n) is 10.7. The molecule has 13 heteroatoms. The monoisotopic (exact) mass is 598 g/mol. The summed E-state index contributed by atoms with van der Waals surface area (Å²) in [6.07, 6.45) is 6.42. The third-order valence-electron chi connectivity index (χ3n) is 8.06. The van der Waals surface area contributed by atoms with E-state index in [0.717, 1.165) is 16.5 Å². The average Bonchev–Trinajstić information content (AvgIpc) is 3.49. The fourth-order valence-corrected chi connectivity index (χ4v) is 6.10. The van der Waals surface area contributed by atoms with Gasteiger partial charge in [-0.15, -0.1) is 0 Å². The van der Waals surface area contributed by atoms with Gasteiger partial charge in [-0.2, -0.15) is 10.1 Å². The van der Waals surface area contributed by atoms with E-state index in [2.05, 4.69) is 32.1 Å². The SMILES string of the molecule is C=CC(=O)N1CCN(c2nc(NC3CN(c4ncccn4)C3)nc3c(F)c(-c4c(C)ccc5[nH]ncc45)c(Cl)cc23)CC1. The first kappa shape index (κ1) is 27.0. The number of amides is 1. The van der Waals surface area contributed by atoms with E-state index in [4.69, 9.17) is 21.6 Å². The van der Waals surface area contributed by atoms with Gasteiger partial charge in [0.2, 0.25) is 17.8 Å². The highest BCUT2D eigenvalue weighted by Gasteiger charge is 2.31. The summed E-state index contributed by atoms with van der Waals surface area (Å²) < 4.78 is 16.7. The fourth-order valence-electron chi connectivity index (χ4n) is 5.81. The highest BCUT2D eigenvalue weighted by Crippen LogP contribution is 2.42. The van der Waals surface area contributed by atoms with E-state index >= 15 is 4.39 Å². The van der Waals surface area contributed by atoms with Crippen molar-refractivity contribution in [3.05, 3.63) is 71.9 Å². The number of hydrogen-bond donors (Lipinski definition) is 2. The molecule has 11 nitrogen and oxygen atoms in total. The number of carbonyl (C=O) groups excluding carboxylic acids is 1. The Morgan fingerprint density at radius 3 is 2.60 bits per heavy atom. The van der Waals surface area contributed by atoms with Gasteiger partial charge in [0.1, 0.15) is 11.3 Å². The average molecular weight is 599 g/mol. The Morgan fingerprint density at radius 2 is 1.86 bits per heavy atom. The second-order valence-corrected chi connectivity index (χ2v) is 11.1. The number of fused-ring (bicyclic) bond motifs is 2. The summed E-state index contributed by atoms with van der Waals surface area (Å²) in [5, 5.41) is 12.0. The molecule has 0 spiro atoms. The van der Waals surface area contributed by atoms with Crippen LogP contribution in [0, 0.1) is 12.7 Å². The van der Waals surface area contributed by atoms with Crippen LogP contribution in [0.3, 0.4) is 0 Å². The van der Waals surface area contributed by atoms with Crippen LogP contribution >= 0.6 is 11.6 Å². The van der Waals surface area contributed by atoms with Gasteiger partial charge < -0.3 is 20.0 Å². The Kier molecular flexibility index (Phi) is 6.77. The molecule has 43 heavy (non-hydrogen) atoms. The third kappa shape index (κ3) is 4.77. The molecule has 2 aliphatic heterocycles. The minimum atomic E-state index is -0.528. The summed E-state index contributed by atoms with van der Waals surface area (Å²) in [4.78, 5) is 36.2. The largest absolute Gasteiger partial charge is 0.352 e. The lowest BCUT2D eigenvalue weighted by molar-refractivity contribution is -0.126. The van der Waals surface area contributed by atoms with Crippen LogP contribution < -0.4 is 15.1 Å². The molecular weight excluding hydrogens is 571 g/mol. The highest BCUT2D eigenvalue weighted by atomic mass is 35.5. The standard InChI is InChI=1S/C30H28ClFN10O/c1-3-23(43)40-9-11-41(12-10-40)28-19-13-21(31)25(24-17(2)5-6-22-20(24)14-35-39-22)26(32)27(19)37-29(38-28)36-18-15-42(16-18)30-33-7-4-8-34-30/h3-8,13-14,18H,1,9-12,15-16H2,2H3,(H,35,39)(H,36,37,38). The first-order valence-corrected chi connectivity index (χ1v) is 14.4. The summed E-state index contributed by atoms with van der Waals surface area (Å²) in [7, 11) is 0. The summed E-state index contributed by atoms with van der Waals surface area (Å²) in [6, 6.07) is 7.37. The molecule has 2 saturated heterocycles. The molecule has 2 aliphatic rings. The minimum Gasteiger partial charge on any atom is -0.352 e. The molecule has 3 aromatic heterocycles. The summed E-state index contributed by atoms with van der Waals surface area (Å²) in [5.74, 6) is 0.887. The van der Waals surface area contributed by atoms with Crippen molar-refractivity contribution in [3.8, 4) is 11.1 Å². The zero-order valence-electron chi connectivity index (χ0n) is 23.4. The summed E-state index contributed by atoms with van der Waals surface area (Å²) in [5.41, 5.74) is 2.75. The van der Waals surface area contributed by atoms with Crippen LogP contribution in [0.1, 0.15) is 5.56 Å². The van der Waals surface area contributed by atoms with Crippen molar-refractivity contribution in [1.29, 1.82) is 0 Å². The number of nitrogens with one attached hydrogen (secondary N) is 2. The number of piperazine rings is 1. The number of nitrogens with zero attached hydrogens (tertiary/aromatic N) is 8. The number of H-pyrrole nitrogens is 1. The van der Waals surface area contributed by atoms with Gasteiger partial charge >= 0.3 is 0 Å². The van der Waals surface area contributed by atoms with Crippen molar-refractivity contribution in [2.45, 2.75) is 13.0 Å². The number of aromatic nitrogens is 6. The first-order valence-electron chi connectivity index (χ1n) is 14.0. The molecule has 0 atom stereocenters. The molecule has 1 amide bonds. The molecule has 2 fully saturated rings. The van der Waals surface area contributed by atoms with E-state index in [-0.39, 0.29) is 28.1 Å². The Labute approximate surface area is 251 Å². The minimum absolute atomic E-state index is 0.0212. The zero-order valence-corrected chi connectivity index (χ0v) is 24.1. The number of benzene rings is 2. The molecule has 0 unspecified atom stereocenters. The van der Waals surface area contributed by atoms with Crippen LogP contribution in [0.2, 0.25) is 5.02 Å². The lowest BCUT2D eigenvalue weighted by atomic mass is 9.95. The van der Waals surface area contributed by atoms with Gasteiger partial charge in [0.15, 0.2) is 5.82 Å². The Balaban J connectivity index is 1.30. The zero-order chi connectivity index (χ0) is 29.7. The predicted molar refractivity (Wildman–Crippen MR) is 165 cm³/mol. The second kappa shape index (κ2) is 10.8. The number of aryl methyl sites for hydroxylation is 1. The molecule has 5 heterocycles. The van der Waals surface area contributed by atoms with Gasteiger partial charge in [-0.3, -0.25) is 9.89 Å². The first-order chi connectivity index (χ1) is 20.9. The predicted octanol–water partition coefficient (Wildman–Crippen LogP) is 4.20. The van der Waals surface area contributed by atoms with Crippen molar-refractivity contribution in [2.24, 2.45) is 0 Å². The molecule has 0 bridgehead atoms. The fraction of sp³-hybridized carbons (Fsp3) is 0.267. The topological polar surface area (TPSA) is 119 Å². The van der Waals surface area contributed by atoms with Gasteiger partial charge in [-0.1, -0.05) is 24.2 Å². The lowest BCUT2D eigenvalue weighted by Gasteiger charge is -2.39. The van der Waals surface area contributed by atoms with Crippen molar-refractivity contribution in [3.63, 3.8) is 0 Å². The van der Waals surface area contributed by atoms with Gasteiger partial charge in [0.25, 0.3) is 0 Å². The van der Waals surface area contributed by atoms with Crippen LogP contribution in [-0.2, 0) is 4.79 Å². The number of rotatable bonds is 6. The Hall–Kier alpha value is -4.84. The van der Waals surface area contributed by atoms with E-state index < -0.39 is 5.82 Å². The van der Waals surface area contributed by atoms with Crippen LogP contribution in [0.4, 0.5) is 22.1 Å². The molecule has 0 radical (unpaired) electrons. The molecule has 218 valence electrons. The Bertz CT molecular complexity index is 1870. The van der Waals surface area contributed by atoms with Gasteiger partial charge in [-0.05, 0) is 36.8 Å². The van der Waals surface area contributed by atoms with Crippen LogP contribution in [-0.4, -0.2) is 86.3 Å². The highest BCUT2D eigenvalue weighted by molar-refractivity contribution is 6.35. The smallest absolute Gasteiger partial charge is 0.246 e. The maximum Gasteiger partial charge on any atom is 0.246 e. The lowest BCUT2D eigenvalue weighted by Crippen LogP contribution is -2.55. The maximum atomic E-state index is 16.7. The normalized spacial score (nSPS) is 15.7. The van der Waals surface area contributed by atoms with Gasteiger partial charge in [-0.25, -0.2) is 19.3 Å². The number of hydrogen-bond acceptors (Lipinski definition) is 9. The molecule has 0 aliphatic carbocycles. The van der Waals surface area contributed by atoms with Crippen LogP contribution in [0.25, 0.3) is 32.9 Å². The molecule has 2 N–H and O–H groups in total. The maximum absolute atomic E-state index is 16.7. The van der Waals surface area contributed by atoms with Crippen molar-refractivity contribution in [2.75, 3.05) is 54.4 Å². The van der Waals surface area contributed by atoms with Crippen molar-refractivity contribution in [1.82, 2.24) is 35.0 Å². The van der Waals surface area contributed by atoms with Crippen molar-refractivity contribution >= 4 is 57.0 Å². The van der Waals surface area contributed by atoms with E-state index in [1.807, 2.05) is 28.9 Å². The number of halogens is 2. The van der Waals surface area contributed by atoms with Crippen molar-refractivity contribution < 1.29 is 9.18 Å². The Morgan fingerprint density at radius 1 is 1.09 bits per heavy atom. The van der Waals surface area contributed by atoms with E-state index in [1.165, 1.54) is 6.08 Å². The van der Waals surface area contributed by atoms with Gasteiger partial charge in [0, 0.05) is 73.6 Å². The molecular formula is C30H28ClFN10O. The third-order valence-corrected chi connectivity index (χ3v) is 8.36. The number of carbonyl (C=O) groups is 1. The van der Waals surface area contributed by atoms with E-state index in [0.29, 0.717) is 67.9 Å². The number of aromatic amines is 1. The summed E-state index contributed by atoms with van der Waals surface area (Å²) >= 11 is 6.87. The van der Waals surface area contributed by atoms with Gasteiger partial charge in [0.05, 0.1) is 22.8 Å². The van der Waals surface area contributed by atoms with Crippen LogP contribution in [0.15, 0.2) is 55.5 Å². The molecule has 7 rings (SSSR count). The van der Waals surface area contributed by atoms with E-state index in [9.17, 15) is 4.79 Å². The van der Waals surface area contributed by atoms with E-state index in [1.54, 1.807) is 35.6 Å². The molecule has 5 aromatic rings.